The van der Waals surface area contributed by atoms with Crippen LogP contribution in [0.4, 0.5) is 0 Å². The van der Waals surface area contributed by atoms with E-state index in [2.05, 4.69) is 13.8 Å². The fourth-order valence-electron chi connectivity index (χ4n) is 2.62. The summed E-state index contributed by atoms with van der Waals surface area (Å²) in [6.07, 6.45) is 2.32. The fourth-order valence-corrected chi connectivity index (χ4v) is 2.62. The Morgan fingerprint density at radius 2 is 2.22 bits per heavy atom. The van der Waals surface area contributed by atoms with Gasteiger partial charge >= 0.3 is 0 Å². The number of carbonyl (C=O) groups is 1. The van der Waals surface area contributed by atoms with Crippen LogP contribution in [0.3, 0.4) is 0 Å². The molecule has 0 aromatic heterocycles. The van der Waals surface area contributed by atoms with Crippen molar-refractivity contribution in [1.82, 2.24) is 4.90 Å². The summed E-state index contributed by atoms with van der Waals surface area (Å²) in [5.41, 5.74) is 7.40. The lowest BCUT2D eigenvalue weighted by atomic mass is 9.91. The number of nitrogens with zero attached hydrogens (tertiary/aromatic N) is 1. The maximum Gasteiger partial charge on any atom is 0.254 e. The SMILES string of the molecule is CC1CCCN(C(=O)c2cccc(CN)c2)C1C. The third-order valence-corrected chi connectivity index (χ3v) is 4.04. The first-order valence-corrected chi connectivity index (χ1v) is 6.73. The zero-order valence-electron chi connectivity index (χ0n) is 11.2. The van der Waals surface area contributed by atoms with Crippen LogP contribution < -0.4 is 5.73 Å². The highest BCUT2D eigenvalue weighted by Crippen LogP contribution is 2.24. The molecule has 2 N–H and O–H groups in total. The number of nitrogens with two attached hydrogens (primary N) is 1. The minimum Gasteiger partial charge on any atom is -0.336 e. The summed E-state index contributed by atoms with van der Waals surface area (Å²) < 4.78 is 0. The average Bonchev–Trinajstić information content (AvgIpc) is 2.41. The Balaban J connectivity index is 2.19. The molecule has 98 valence electrons. The summed E-state index contributed by atoms with van der Waals surface area (Å²) in [5.74, 6) is 0.727. The highest BCUT2D eigenvalue weighted by molar-refractivity contribution is 5.94. The second-order valence-electron chi connectivity index (χ2n) is 5.26. The van der Waals surface area contributed by atoms with Gasteiger partial charge in [0.1, 0.15) is 0 Å². The molecule has 1 saturated heterocycles. The van der Waals surface area contributed by atoms with E-state index >= 15 is 0 Å². The van der Waals surface area contributed by atoms with E-state index < -0.39 is 0 Å². The van der Waals surface area contributed by atoms with Crippen molar-refractivity contribution in [1.29, 1.82) is 0 Å². The van der Waals surface area contributed by atoms with Crippen LogP contribution in [0.25, 0.3) is 0 Å². The molecular weight excluding hydrogens is 224 g/mol. The molecule has 1 aliphatic rings. The van der Waals surface area contributed by atoms with Gasteiger partial charge in [-0.15, -0.1) is 0 Å². The molecule has 0 bridgehead atoms. The second kappa shape index (κ2) is 5.53. The summed E-state index contributed by atoms with van der Waals surface area (Å²) in [4.78, 5) is 14.5. The molecule has 1 amide bonds. The van der Waals surface area contributed by atoms with E-state index in [1.54, 1.807) is 0 Å². The quantitative estimate of drug-likeness (QED) is 0.871. The van der Waals surface area contributed by atoms with Gasteiger partial charge in [0.2, 0.25) is 0 Å². The molecule has 1 aromatic carbocycles. The van der Waals surface area contributed by atoms with E-state index in [0.717, 1.165) is 24.1 Å². The Kier molecular flexibility index (Phi) is 4.02. The van der Waals surface area contributed by atoms with Crippen LogP contribution >= 0.6 is 0 Å². The molecule has 0 aliphatic carbocycles. The summed E-state index contributed by atoms with van der Waals surface area (Å²) in [5, 5.41) is 0. The Bertz CT molecular complexity index is 430. The monoisotopic (exact) mass is 246 g/mol. The van der Waals surface area contributed by atoms with Crippen molar-refractivity contribution in [2.24, 2.45) is 11.7 Å². The molecule has 18 heavy (non-hydrogen) atoms. The van der Waals surface area contributed by atoms with Crippen molar-refractivity contribution < 1.29 is 4.79 Å². The number of likely N-dealkylation sites (tertiary alicyclic amines) is 1. The Labute approximate surface area is 109 Å². The zero-order valence-corrected chi connectivity index (χ0v) is 11.2. The number of hydrogen-bond donors (Lipinski definition) is 1. The van der Waals surface area contributed by atoms with Gasteiger partial charge in [0.05, 0.1) is 0 Å². The van der Waals surface area contributed by atoms with Gasteiger partial charge in [-0.2, -0.15) is 0 Å². The van der Waals surface area contributed by atoms with Crippen LogP contribution in [0.15, 0.2) is 24.3 Å². The molecule has 2 rings (SSSR count). The van der Waals surface area contributed by atoms with Gasteiger partial charge < -0.3 is 10.6 Å². The van der Waals surface area contributed by atoms with Crippen molar-refractivity contribution >= 4 is 5.91 Å². The van der Waals surface area contributed by atoms with Crippen molar-refractivity contribution in [2.75, 3.05) is 6.54 Å². The molecule has 1 aliphatic heterocycles. The van der Waals surface area contributed by atoms with Crippen LogP contribution in [0.2, 0.25) is 0 Å². The lowest BCUT2D eigenvalue weighted by molar-refractivity contribution is 0.0551. The first kappa shape index (κ1) is 13.1. The average molecular weight is 246 g/mol. The van der Waals surface area contributed by atoms with Crippen molar-refractivity contribution in [3.05, 3.63) is 35.4 Å². The molecule has 0 spiro atoms. The Hall–Kier alpha value is -1.35. The lowest BCUT2D eigenvalue weighted by Gasteiger charge is -2.38. The number of rotatable bonds is 2. The van der Waals surface area contributed by atoms with Gasteiger partial charge in [-0.25, -0.2) is 0 Å². The third-order valence-electron chi connectivity index (χ3n) is 4.04. The van der Waals surface area contributed by atoms with Crippen molar-refractivity contribution in [3.63, 3.8) is 0 Å². The van der Waals surface area contributed by atoms with E-state index in [9.17, 15) is 4.79 Å². The van der Waals surface area contributed by atoms with Gasteiger partial charge in [0.15, 0.2) is 0 Å². The number of carbonyl (C=O) groups excluding carboxylic acids is 1. The Morgan fingerprint density at radius 1 is 1.44 bits per heavy atom. The van der Waals surface area contributed by atoms with E-state index in [0.29, 0.717) is 18.5 Å². The normalized spacial score (nSPS) is 24.1. The molecule has 2 unspecified atom stereocenters. The predicted molar refractivity (Wildman–Crippen MR) is 73.2 cm³/mol. The summed E-state index contributed by atoms with van der Waals surface area (Å²) >= 11 is 0. The fraction of sp³-hybridized carbons (Fsp3) is 0.533. The van der Waals surface area contributed by atoms with E-state index in [4.69, 9.17) is 5.73 Å². The molecular formula is C15H22N2O. The van der Waals surface area contributed by atoms with Gasteiger partial charge in [-0.05, 0) is 43.4 Å². The van der Waals surface area contributed by atoms with Gasteiger partial charge in [-0.1, -0.05) is 19.1 Å². The third kappa shape index (κ3) is 2.56. The van der Waals surface area contributed by atoms with Gasteiger partial charge in [0, 0.05) is 24.7 Å². The number of amides is 1. The van der Waals surface area contributed by atoms with Gasteiger partial charge in [0.25, 0.3) is 5.91 Å². The minimum atomic E-state index is 0.143. The van der Waals surface area contributed by atoms with Crippen LogP contribution in [0, 0.1) is 5.92 Å². The van der Waals surface area contributed by atoms with Gasteiger partial charge in [-0.3, -0.25) is 4.79 Å². The summed E-state index contributed by atoms with van der Waals surface area (Å²) in [7, 11) is 0. The molecule has 3 heteroatoms. The Morgan fingerprint density at radius 3 is 2.94 bits per heavy atom. The van der Waals surface area contributed by atoms with Crippen LogP contribution in [0.1, 0.15) is 42.6 Å². The summed E-state index contributed by atoms with van der Waals surface area (Å²) in [6, 6.07) is 7.99. The highest BCUT2D eigenvalue weighted by Gasteiger charge is 2.28. The van der Waals surface area contributed by atoms with E-state index in [1.165, 1.54) is 6.42 Å². The standard InChI is InChI=1S/C15H22N2O/c1-11-5-4-8-17(12(11)2)15(18)14-7-3-6-13(9-14)10-16/h3,6-7,9,11-12H,4-5,8,10,16H2,1-2H3. The van der Waals surface area contributed by atoms with Crippen molar-refractivity contribution in [2.45, 2.75) is 39.3 Å². The van der Waals surface area contributed by atoms with Crippen LogP contribution in [0.5, 0.6) is 0 Å². The van der Waals surface area contributed by atoms with Crippen LogP contribution in [-0.2, 0) is 6.54 Å². The molecule has 2 atom stereocenters. The molecule has 1 heterocycles. The minimum absolute atomic E-state index is 0.143. The number of piperidine rings is 1. The molecule has 1 fully saturated rings. The van der Waals surface area contributed by atoms with Crippen LogP contribution in [-0.4, -0.2) is 23.4 Å². The predicted octanol–water partition coefficient (Wildman–Crippen LogP) is 2.41. The second-order valence-corrected chi connectivity index (χ2v) is 5.26. The lowest BCUT2D eigenvalue weighted by Crippen LogP contribution is -2.46. The zero-order chi connectivity index (χ0) is 13.1. The molecule has 0 saturated carbocycles. The molecule has 1 aromatic rings. The maximum atomic E-state index is 12.5. The first-order valence-electron chi connectivity index (χ1n) is 6.73. The highest BCUT2D eigenvalue weighted by atomic mass is 16.2. The maximum absolute atomic E-state index is 12.5. The number of hydrogen-bond acceptors (Lipinski definition) is 2. The number of benzene rings is 1. The van der Waals surface area contributed by atoms with E-state index in [1.807, 2.05) is 29.2 Å². The van der Waals surface area contributed by atoms with E-state index in [-0.39, 0.29) is 5.91 Å². The molecule has 3 nitrogen and oxygen atoms in total. The van der Waals surface area contributed by atoms with Crippen molar-refractivity contribution in [3.8, 4) is 0 Å². The molecule has 0 radical (unpaired) electrons. The topological polar surface area (TPSA) is 46.3 Å². The smallest absolute Gasteiger partial charge is 0.254 e. The first-order chi connectivity index (χ1) is 8.63. The largest absolute Gasteiger partial charge is 0.336 e. The summed E-state index contributed by atoms with van der Waals surface area (Å²) in [6.45, 7) is 5.72.